The largest absolute Gasteiger partial charge is 0.337 e. The fourth-order valence-electron chi connectivity index (χ4n) is 3.06. The summed E-state index contributed by atoms with van der Waals surface area (Å²) in [6.07, 6.45) is 3.81. The number of hydrogen-bond donors (Lipinski definition) is 1. The molecule has 5 nitrogen and oxygen atoms in total. The van der Waals surface area contributed by atoms with Gasteiger partial charge < -0.3 is 4.74 Å². The van der Waals surface area contributed by atoms with Crippen molar-refractivity contribution in [1.29, 1.82) is 0 Å². The first-order valence-electron chi connectivity index (χ1n) is 6.76. The molecular formula is C14H14ClFN4O. The third-order valence-corrected chi connectivity index (χ3v) is 4.76. The van der Waals surface area contributed by atoms with Crippen molar-refractivity contribution in [3.8, 4) is 0 Å². The van der Waals surface area contributed by atoms with E-state index in [9.17, 15) is 4.39 Å². The lowest BCUT2D eigenvalue weighted by Crippen LogP contribution is -2.44. The van der Waals surface area contributed by atoms with Crippen LogP contribution >= 0.6 is 11.6 Å². The second-order valence-electron chi connectivity index (χ2n) is 5.70. The Morgan fingerprint density at radius 2 is 2.14 bits per heavy atom. The fraction of sp³-hybridized carbons (Fsp3) is 0.429. The van der Waals surface area contributed by atoms with Crippen LogP contribution in [0, 0.1) is 0 Å². The van der Waals surface area contributed by atoms with Crippen molar-refractivity contribution in [3.05, 3.63) is 47.5 Å². The van der Waals surface area contributed by atoms with E-state index < -0.39 is 17.0 Å². The molecule has 1 saturated carbocycles. The topological polar surface area (TPSA) is 69.3 Å². The van der Waals surface area contributed by atoms with E-state index in [0.717, 1.165) is 0 Å². The summed E-state index contributed by atoms with van der Waals surface area (Å²) < 4.78 is 22.3. The average Bonchev–Trinajstić information content (AvgIpc) is 3.26. The molecule has 2 heterocycles. The second-order valence-corrected chi connectivity index (χ2v) is 6.11. The van der Waals surface area contributed by atoms with E-state index in [-0.39, 0.29) is 6.54 Å². The third kappa shape index (κ3) is 1.70. The molecule has 0 bridgehead atoms. The van der Waals surface area contributed by atoms with Gasteiger partial charge in [0, 0.05) is 10.6 Å². The van der Waals surface area contributed by atoms with Gasteiger partial charge in [-0.2, -0.15) is 5.10 Å². The van der Waals surface area contributed by atoms with Crippen LogP contribution in [0.4, 0.5) is 4.39 Å². The molecule has 2 aliphatic rings. The smallest absolute Gasteiger partial charge is 0.179 e. The standard InChI is InChI=1S/C14H14ClFN4O/c15-11-4-2-1-3-10(11)14(17)13(21-14,12(16)5-6-12)7-20-9-18-8-19-20/h1-4,8-9H,5-7,17H2. The van der Waals surface area contributed by atoms with E-state index in [1.165, 1.54) is 12.7 Å². The molecule has 1 aliphatic heterocycles. The molecule has 1 aromatic heterocycles. The summed E-state index contributed by atoms with van der Waals surface area (Å²) in [7, 11) is 0. The molecule has 2 fully saturated rings. The van der Waals surface area contributed by atoms with Gasteiger partial charge in [0.2, 0.25) is 0 Å². The van der Waals surface area contributed by atoms with Gasteiger partial charge in [-0.15, -0.1) is 0 Å². The van der Waals surface area contributed by atoms with Crippen LogP contribution in [0.25, 0.3) is 0 Å². The Bertz CT molecular complexity index is 690. The number of nitrogens with two attached hydrogens (primary N) is 1. The van der Waals surface area contributed by atoms with Gasteiger partial charge in [-0.05, 0) is 18.9 Å². The van der Waals surface area contributed by atoms with Crippen LogP contribution in [0.5, 0.6) is 0 Å². The van der Waals surface area contributed by atoms with Crippen molar-refractivity contribution in [2.24, 2.45) is 5.73 Å². The first-order valence-corrected chi connectivity index (χ1v) is 7.14. The highest BCUT2D eigenvalue weighted by Gasteiger charge is 2.83. The summed E-state index contributed by atoms with van der Waals surface area (Å²) in [5, 5.41) is 4.51. The number of rotatable bonds is 4. The van der Waals surface area contributed by atoms with E-state index in [4.69, 9.17) is 22.1 Å². The van der Waals surface area contributed by atoms with Crippen molar-refractivity contribution in [1.82, 2.24) is 14.8 Å². The monoisotopic (exact) mass is 308 g/mol. The molecule has 2 N–H and O–H groups in total. The molecule has 7 heteroatoms. The van der Waals surface area contributed by atoms with Crippen LogP contribution in [0.1, 0.15) is 18.4 Å². The quantitative estimate of drug-likeness (QED) is 0.877. The van der Waals surface area contributed by atoms with Gasteiger partial charge >= 0.3 is 0 Å². The van der Waals surface area contributed by atoms with Gasteiger partial charge in [-0.3, -0.25) is 5.73 Å². The molecule has 2 aromatic rings. The Hall–Kier alpha value is -1.50. The van der Waals surface area contributed by atoms with Crippen LogP contribution in [0.15, 0.2) is 36.9 Å². The minimum absolute atomic E-state index is 0.214. The molecule has 110 valence electrons. The zero-order valence-electron chi connectivity index (χ0n) is 11.2. The number of halogens is 2. The Balaban J connectivity index is 1.76. The number of hydrogen-bond acceptors (Lipinski definition) is 4. The highest BCUT2D eigenvalue weighted by molar-refractivity contribution is 6.31. The molecule has 2 atom stereocenters. The Morgan fingerprint density at radius 3 is 2.76 bits per heavy atom. The molecule has 0 amide bonds. The summed E-state index contributed by atoms with van der Waals surface area (Å²) in [4.78, 5) is 3.88. The number of alkyl halides is 1. The summed E-state index contributed by atoms with van der Waals surface area (Å²) in [5.41, 5.74) is 3.18. The molecule has 1 aromatic carbocycles. The highest BCUT2D eigenvalue weighted by Crippen LogP contribution is 2.68. The Morgan fingerprint density at radius 1 is 1.38 bits per heavy atom. The molecule has 0 spiro atoms. The third-order valence-electron chi connectivity index (χ3n) is 4.43. The number of benzene rings is 1. The van der Waals surface area contributed by atoms with Crippen molar-refractivity contribution < 1.29 is 9.13 Å². The van der Waals surface area contributed by atoms with E-state index in [2.05, 4.69) is 10.1 Å². The molecule has 1 aliphatic carbocycles. The zero-order chi connectivity index (χ0) is 14.7. The van der Waals surface area contributed by atoms with Gasteiger partial charge in [-0.25, -0.2) is 14.1 Å². The Labute approximate surface area is 125 Å². The van der Waals surface area contributed by atoms with Crippen molar-refractivity contribution >= 4 is 11.6 Å². The summed E-state index contributed by atoms with van der Waals surface area (Å²) in [5.74, 6) is 0. The van der Waals surface area contributed by atoms with Crippen LogP contribution in [0.2, 0.25) is 5.02 Å². The molecule has 2 unspecified atom stereocenters. The number of epoxide rings is 1. The van der Waals surface area contributed by atoms with Gasteiger partial charge in [-0.1, -0.05) is 29.8 Å². The maximum atomic E-state index is 14.9. The number of aromatic nitrogens is 3. The molecule has 21 heavy (non-hydrogen) atoms. The lowest BCUT2D eigenvalue weighted by Gasteiger charge is -2.21. The molecular weight excluding hydrogens is 295 g/mol. The summed E-state index contributed by atoms with van der Waals surface area (Å²) in [6.45, 7) is 0.214. The van der Waals surface area contributed by atoms with Gasteiger partial charge in [0.1, 0.15) is 18.3 Å². The van der Waals surface area contributed by atoms with Crippen molar-refractivity contribution in [2.45, 2.75) is 36.4 Å². The number of ether oxygens (including phenoxy) is 1. The molecule has 1 saturated heterocycles. The van der Waals surface area contributed by atoms with Crippen molar-refractivity contribution in [2.75, 3.05) is 0 Å². The summed E-state index contributed by atoms with van der Waals surface area (Å²) >= 11 is 6.21. The minimum atomic E-state index is -1.44. The van der Waals surface area contributed by atoms with Gasteiger partial charge in [0.25, 0.3) is 0 Å². The zero-order valence-corrected chi connectivity index (χ0v) is 11.9. The normalized spacial score (nSPS) is 32.9. The van der Waals surface area contributed by atoms with Gasteiger partial charge in [0.05, 0.1) is 6.54 Å². The lowest BCUT2D eigenvalue weighted by molar-refractivity contribution is 0.120. The average molecular weight is 309 g/mol. The predicted molar refractivity (Wildman–Crippen MR) is 74.2 cm³/mol. The fourth-order valence-corrected chi connectivity index (χ4v) is 3.33. The van der Waals surface area contributed by atoms with E-state index in [0.29, 0.717) is 23.4 Å². The van der Waals surface area contributed by atoms with E-state index >= 15 is 0 Å². The molecule has 0 radical (unpaired) electrons. The first kappa shape index (κ1) is 13.2. The van der Waals surface area contributed by atoms with Crippen molar-refractivity contribution in [3.63, 3.8) is 0 Å². The maximum Gasteiger partial charge on any atom is 0.179 e. The van der Waals surface area contributed by atoms with Crippen LogP contribution in [0.3, 0.4) is 0 Å². The number of nitrogens with zero attached hydrogens (tertiary/aromatic N) is 3. The second kappa shape index (κ2) is 4.03. The lowest BCUT2D eigenvalue weighted by atomic mass is 9.88. The van der Waals surface area contributed by atoms with Crippen LogP contribution in [-0.2, 0) is 17.0 Å². The van der Waals surface area contributed by atoms with Crippen LogP contribution in [-0.4, -0.2) is 26.0 Å². The molecule has 4 rings (SSSR count). The van der Waals surface area contributed by atoms with E-state index in [1.807, 2.05) is 6.07 Å². The first-order chi connectivity index (χ1) is 10.0. The maximum absolute atomic E-state index is 14.9. The highest BCUT2D eigenvalue weighted by atomic mass is 35.5. The predicted octanol–water partition coefficient (Wildman–Crippen LogP) is 2.01. The van der Waals surface area contributed by atoms with E-state index in [1.54, 1.807) is 22.9 Å². The Kier molecular flexibility index (Phi) is 2.53. The SMILES string of the molecule is NC1(c2ccccc2Cl)OC1(Cn1cncn1)C1(F)CC1. The summed E-state index contributed by atoms with van der Waals surface area (Å²) in [6, 6.07) is 7.12. The minimum Gasteiger partial charge on any atom is -0.337 e. The van der Waals surface area contributed by atoms with Gasteiger partial charge in [0.15, 0.2) is 11.3 Å². The van der Waals surface area contributed by atoms with Crippen LogP contribution < -0.4 is 5.73 Å².